The van der Waals surface area contributed by atoms with Crippen molar-refractivity contribution in [1.29, 1.82) is 0 Å². The SMILES string of the molecule is CCCCCCCCCCCCSSCCCCCCCCCCCCC1=CNN(CCCCCCCCCCCCSSCCCCCCCCCCCC)S1. The Morgan fingerprint density at radius 2 is 0.614 bits per heavy atom. The number of hydrogen-bond acceptors (Lipinski definition) is 7. The monoisotopic (exact) mass is 889 g/mol. The van der Waals surface area contributed by atoms with Gasteiger partial charge in [-0.2, -0.15) is 4.41 Å². The zero-order valence-corrected chi connectivity index (χ0v) is 42.7. The van der Waals surface area contributed by atoms with Crippen molar-refractivity contribution in [3.8, 4) is 0 Å². The highest BCUT2D eigenvalue weighted by Crippen LogP contribution is 2.30. The molecule has 0 radical (unpaired) electrons. The van der Waals surface area contributed by atoms with E-state index in [9.17, 15) is 0 Å². The van der Waals surface area contributed by atoms with E-state index in [1.807, 2.05) is 11.9 Å². The molecule has 0 atom stereocenters. The molecular formula is C50H100N2S5. The fourth-order valence-electron chi connectivity index (χ4n) is 7.80. The lowest BCUT2D eigenvalue weighted by molar-refractivity contribution is 0.399. The minimum atomic E-state index is 1.18. The maximum Gasteiger partial charge on any atom is 0.0297 e. The third-order valence-corrected chi connectivity index (χ3v) is 17.9. The van der Waals surface area contributed by atoms with Crippen molar-refractivity contribution in [2.75, 3.05) is 29.6 Å². The van der Waals surface area contributed by atoms with E-state index >= 15 is 0 Å². The second-order valence-electron chi connectivity index (χ2n) is 17.4. The maximum atomic E-state index is 3.52. The lowest BCUT2D eigenvalue weighted by Crippen LogP contribution is -2.24. The third-order valence-electron chi connectivity index (χ3n) is 11.7. The molecule has 1 aliphatic rings. The topological polar surface area (TPSA) is 15.3 Å². The second kappa shape index (κ2) is 49.9. The summed E-state index contributed by atoms with van der Waals surface area (Å²) < 4.78 is 2.38. The molecule has 0 unspecified atom stereocenters. The van der Waals surface area contributed by atoms with Crippen LogP contribution in [0.25, 0.3) is 0 Å². The van der Waals surface area contributed by atoms with Crippen molar-refractivity contribution in [3.05, 3.63) is 11.1 Å². The standard InChI is InChI=1S/C50H100N2S5/c1-3-5-7-9-11-13-21-27-33-39-45-53-55-47-41-35-29-23-17-15-19-25-31-37-43-50-49-51-52(57-50)44-38-32-26-20-16-18-24-30-36-42-48-56-54-46-40-34-28-22-14-12-10-8-6-4-2/h49,51H,3-48H2,1-2H3. The van der Waals surface area contributed by atoms with Crippen molar-refractivity contribution in [1.82, 2.24) is 9.84 Å². The van der Waals surface area contributed by atoms with E-state index in [-0.39, 0.29) is 0 Å². The van der Waals surface area contributed by atoms with Gasteiger partial charge < -0.3 is 5.43 Å². The molecule has 0 aliphatic carbocycles. The summed E-state index contributed by atoms with van der Waals surface area (Å²) >= 11 is 1.97. The summed E-state index contributed by atoms with van der Waals surface area (Å²) in [5, 5.41) is 0. The minimum Gasteiger partial charge on any atom is -0.315 e. The van der Waals surface area contributed by atoms with Crippen molar-refractivity contribution in [2.45, 2.75) is 277 Å². The summed E-state index contributed by atoms with van der Waals surface area (Å²) in [7, 11) is 8.55. The fourth-order valence-corrected chi connectivity index (χ4v) is 13.3. The summed E-state index contributed by atoms with van der Waals surface area (Å²) in [6.45, 7) is 5.79. The Bertz CT molecular complexity index is 784. The first-order valence-electron chi connectivity index (χ1n) is 25.8. The summed E-state index contributed by atoms with van der Waals surface area (Å²) in [4.78, 5) is 1.55. The Labute approximate surface area is 380 Å². The van der Waals surface area contributed by atoms with Gasteiger partial charge in [0.2, 0.25) is 0 Å². The molecule has 0 saturated carbocycles. The van der Waals surface area contributed by atoms with Gasteiger partial charge >= 0.3 is 0 Å². The average Bonchev–Trinajstić information content (AvgIpc) is 3.68. The van der Waals surface area contributed by atoms with Crippen LogP contribution in [0.3, 0.4) is 0 Å². The van der Waals surface area contributed by atoms with E-state index < -0.39 is 0 Å². The molecule has 0 aromatic heterocycles. The first kappa shape index (κ1) is 56.3. The lowest BCUT2D eigenvalue weighted by atomic mass is 10.1. The molecule has 0 aromatic rings. The number of hydrazine groups is 1. The van der Waals surface area contributed by atoms with E-state index in [4.69, 9.17) is 0 Å². The quantitative estimate of drug-likeness (QED) is 0.0367. The second-order valence-corrected chi connectivity index (χ2v) is 24.0. The number of unbranched alkanes of at least 4 members (excludes halogenated alkanes) is 36. The molecule has 0 saturated heterocycles. The van der Waals surface area contributed by atoms with Gasteiger partial charge in [0, 0.05) is 40.7 Å². The summed E-state index contributed by atoms with van der Waals surface area (Å²) in [6, 6.07) is 0. The third kappa shape index (κ3) is 45.1. The van der Waals surface area contributed by atoms with Crippen LogP contribution in [-0.4, -0.2) is 34.0 Å². The molecule has 1 aliphatic heterocycles. The summed E-state index contributed by atoms with van der Waals surface area (Å²) in [6.07, 6.45) is 61.1. The van der Waals surface area contributed by atoms with Gasteiger partial charge in [-0.3, -0.25) is 0 Å². The van der Waals surface area contributed by atoms with E-state index in [0.29, 0.717) is 0 Å². The minimum absolute atomic E-state index is 1.18. The highest BCUT2D eigenvalue weighted by atomic mass is 33.1. The molecule has 1 N–H and O–H groups in total. The Kier molecular flexibility index (Phi) is 49.3. The van der Waals surface area contributed by atoms with Gasteiger partial charge in [-0.1, -0.05) is 275 Å². The highest BCUT2D eigenvalue weighted by molar-refractivity contribution is 8.77. The molecule has 0 fully saturated rings. The number of nitrogens with zero attached hydrogens (tertiary/aromatic N) is 1. The van der Waals surface area contributed by atoms with Gasteiger partial charge in [-0.25, -0.2) is 0 Å². The van der Waals surface area contributed by atoms with Crippen LogP contribution in [0.5, 0.6) is 0 Å². The van der Waals surface area contributed by atoms with Gasteiger partial charge in [-0.05, 0) is 56.9 Å². The van der Waals surface area contributed by atoms with Crippen molar-refractivity contribution in [2.24, 2.45) is 0 Å². The zero-order valence-electron chi connectivity index (χ0n) is 38.6. The smallest absolute Gasteiger partial charge is 0.0297 e. The molecule has 1 rings (SSSR count). The van der Waals surface area contributed by atoms with Crippen molar-refractivity contribution < 1.29 is 0 Å². The molecule has 340 valence electrons. The van der Waals surface area contributed by atoms with Crippen LogP contribution in [0.1, 0.15) is 277 Å². The first-order valence-corrected chi connectivity index (χ1v) is 31.5. The van der Waals surface area contributed by atoms with E-state index in [1.54, 1.807) is 4.91 Å². The zero-order chi connectivity index (χ0) is 40.6. The summed E-state index contributed by atoms with van der Waals surface area (Å²) in [5.74, 6) is 5.46. The van der Waals surface area contributed by atoms with Gasteiger partial charge in [-0.15, -0.1) is 0 Å². The van der Waals surface area contributed by atoms with Crippen LogP contribution >= 0.6 is 55.1 Å². The van der Waals surface area contributed by atoms with Crippen LogP contribution in [-0.2, 0) is 0 Å². The van der Waals surface area contributed by atoms with Crippen molar-refractivity contribution in [3.63, 3.8) is 0 Å². The van der Waals surface area contributed by atoms with Crippen LogP contribution < -0.4 is 5.43 Å². The van der Waals surface area contributed by atoms with Gasteiger partial charge in [0.05, 0.1) is 0 Å². The normalized spacial score (nSPS) is 13.2. The Hall–Kier alpha value is 1.25. The van der Waals surface area contributed by atoms with Gasteiger partial charge in [0.25, 0.3) is 0 Å². The van der Waals surface area contributed by atoms with Gasteiger partial charge in [0.1, 0.15) is 0 Å². The largest absolute Gasteiger partial charge is 0.315 e. The molecule has 0 aromatic carbocycles. The predicted molar refractivity (Wildman–Crippen MR) is 276 cm³/mol. The average molecular weight is 890 g/mol. The van der Waals surface area contributed by atoms with E-state index in [1.165, 1.54) is 293 Å². The maximum absolute atomic E-state index is 3.52. The predicted octanol–water partition coefficient (Wildman–Crippen LogP) is 20.1. The van der Waals surface area contributed by atoms with Crippen molar-refractivity contribution >= 4 is 55.1 Å². The summed E-state index contributed by atoms with van der Waals surface area (Å²) in [5.41, 5.74) is 3.52. The molecule has 1 heterocycles. The Morgan fingerprint density at radius 1 is 0.351 bits per heavy atom. The number of nitrogens with one attached hydrogen (secondary N) is 1. The van der Waals surface area contributed by atoms with Crippen LogP contribution in [0, 0.1) is 0 Å². The number of allylic oxidation sites excluding steroid dienone is 1. The number of rotatable bonds is 50. The molecule has 0 spiro atoms. The molecular weight excluding hydrogens is 789 g/mol. The van der Waals surface area contributed by atoms with E-state index in [2.05, 4.69) is 73.1 Å². The molecule has 2 nitrogen and oxygen atoms in total. The fraction of sp³-hybridized carbons (Fsp3) is 0.960. The lowest BCUT2D eigenvalue weighted by Gasteiger charge is -2.14. The Morgan fingerprint density at radius 3 is 0.930 bits per heavy atom. The molecule has 0 bridgehead atoms. The molecule has 57 heavy (non-hydrogen) atoms. The molecule has 7 heteroatoms. The Balaban J connectivity index is 1.68. The van der Waals surface area contributed by atoms with E-state index in [0.717, 1.165) is 0 Å². The molecule has 0 amide bonds. The van der Waals surface area contributed by atoms with Crippen LogP contribution in [0.2, 0.25) is 0 Å². The van der Waals surface area contributed by atoms with Crippen LogP contribution in [0.15, 0.2) is 11.1 Å². The highest BCUT2D eigenvalue weighted by Gasteiger charge is 2.14. The first-order chi connectivity index (χ1) is 28.4. The van der Waals surface area contributed by atoms with Crippen LogP contribution in [0.4, 0.5) is 0 Å². The number of hydrogen-bond donors (Lipinski definition) is 1. The van der Waals surface area contributed by atoms with Gasteiger partial charge in [0.15, 0.2) is 0 Å².